The van der Waals surface area contributed by atoms with Crippen LogP contribution in [0.3, 0.4) is 0 Å². The van der Waals surface area contributed by atoms with Gasteiger partial charge in [0.15, 0.2) is 0 Å². The summed E-state index contributed by atoms with van der Waals surface area (Å²) < 4.78 is 5.07. The van der Waals surface area contributed by atoms with Gasteiger partial charge in [0, 0.05) is 11.3 Å². The third kappa shape index (κ3) is 3.71. The molecule has 0 saturated heterocycles. The Kier molecular flexibility index (Phi) is 5.52. The molecule has 24 heavy (non-hydrogen) atoms. The summed E-state index contributed by atoms with van der Waals surface area (Å²) in [6.07, 6.45) is 0. The number of rotatable bonds is 5. The van der Waals surface area contributed by atoms with Crippen molar-refractivity contribution in [2.75, 3.05) is 6.61 Å². The lowest BCUT2D eigenvalue weighted by molar-refractivity contribution is 0.0525. The van der Waals surface area contributed by atoms with E-state index < -0.39 is 0 Å². The van der Waals surface area contributed by atoms with Gasteiger partial charge in [0.2, 0.25) is 0 Å². The highest BCUT2D eigenvalue weighted by Crippen LogP contribution is 2.19. The maximum atomic E-state index is 12.0. The van der Waals surface area contributed by atoms with E-state index in [9.17, 15) is 9.59 Å². The van der Waals surface area contributed by atoms with Crippen molar-refractivity contribution in [2.24, 2.45) is 5.10 Å². The molecule has 6 nitrogen and oxygen atoms in total. The van der Waals surface area contributed by atoms with E-state index in [2.05, 4.69) is 15.5 Å². The first-order valence-corrected chi connectivity index (χ1v) is 7.72. The normalized spacial score (nSPS) is 11.2. The van der Waals surface area contributed by atoms with Crippen molar-refractivity contribution in [3.8, 4) is 0 Å². The van der Waals surface area contributed by atoms with Crippen LogP contribution in [0, 0.1) is 13.8 Å². The van der Waals surface area contributed by atoms with Gasteiger partial charge in [0.1, 0.15) is 0 Å². The maximum Gasteiger partial charge on any atom is 0.340 e. The zero-order chi connectivity index (χ0) is 17.7. The SMILES string of the molecule is CCOC(=O)c1c(C)[nH]c(/C(C)=N/NC(=O)c2ccccc2)c1C. The van der Waals surface area contributed by atoms with Crippen LogP contribution in [0.25, 0.3) is 0 Å². The molecule has 0 aliphatic heterocycles. The number of esters is 1. The molecular formula is C18H21N3O3. The Morgan fingerprint density at radius 1 is 1.21 bits per heavy atom. The lowest BCUT2D eigenvalue weighted by Gasteiger charge is -2.04. The minimum atomic E-state index is -0.365. The first-order valence-electron chi connectivity index (χ1n) is 7.72. The van der Waals surface area contributed by atoms with Gasteiger partial charge in [-0.15, -0.1) is 0 Å². The molecule has 2 aromatic rings. The first-order chi connectivity index (χ1) is 11.5. The summed E-state index contributed by atoms with van der Waals surface area (Å²) in [6, 6.07) is 8.84. The fourth-order valence-corrected chi connectivity index (χ4v) is 2.47. The number of hydrogen-bond donors (Lipinski definition) is 2. The van der Waals surface area contributed by atoms with Gasteiger partial charge in [-0.1, -0.05) is 18.2 Å². The van der Waals surface area contributed by atoms with Crippen LogP contribution >= 0.6 is 0 Å². The largest absolute Gasteiger partial charge is 0.462 e. The molecule has 1 aromatic heterocycles. The Bertz CT molecular complexity index is 776. The van der Waals surface area contributed by atoms with E-state index in [-0.39, 0.29) is 11.9 Å². The van der Waals surface area contributed by atoms with Gasteiger partial charge < -0.3 is 9.72 Å². The Labute approximate surface area is 140 Å². The number of hydrogen-bond acceptors (Lipinski definition) is 4. The second kappa shape index (κ2) is 7.59. The zero-order valence-electron chi connectivity index (χ0n) is 14.3. The molecule has 2 rings (SSSR count). The van der Waals surface area contributed by atoms with Crippen molar-refractivity contribution >= 4 is 17.6 Å². The zero-order valence-corrected chi connectivity index (χ0v) is 14.3. The monoisotopic (exact) mass is 327 g/mol. The number of aryl methyl sites for hydroxylation is 1. The quantitative estimate of drug-likeness (QED) is 0.503. The molecule has 0 saturated carbocycles. The molecule has 0 unspecified atom stereocenters. The number of nitrogens with one attached hydrogen (secondary N) is 2. The number of carbonyl (C=O) groups is 2. The number of ether oxygens (including phenoxy) is 1. The Balaban J connectivity index is 2.21. The van der Waals surface area contributed by atoms with Crippen molar-refractivity contribution in [3.63, 3.8) is 0 Å². The van der Waals surface area contributed by atoms with Crippen LogP contribution in [-0.4, -0.2) is 29.2 Å². The summed E-state index contributed by atoms with van der Waals surface area (Å²) in [7, 11) is 0. The highest BCUT2D eigenvalue weighted by atomic mass is 16.5. The third-order valence-corrected chi connectivity index (χ3v) is 3.64. The summed E-state index contributed by atoms with van der Waals surface area (Å²) in [5, 5.41) is 4.13. The number of aromatic amines is 1. The molecule has 0 bridgehead atoms. The van der Waals surface area contributed by atoms with Crippen molar-refractivity contribution in [1.82, 2.24) is 10.4 Å². The first kappa shape index (κ1) is 17.5. The summed E-state index contributed by atoms with van der Waals surface area (Å²) in [5.74, 6) is -0.655. The number of amides is 1. The predicted octanol–water partition coefficient (Wildman–Crippen LogP) is 2.96. The number of hydrazone groups is 1. The number of nitrogens with zero attached hydrogens (tertiary/aromatic N) is 1. The molecule has 1 aromatic carbocycles. The van der Waals surface area contributed by atoms with Crippen LogP contribution in [-0.2, 0) is 4.74 Å². The molecule has 0 fully saturated rings. The van der Waals surface area contributed by atoms with Crippen LogP contribution < -0.4 is 5.43 Å². The van der Waals surface area contributed by atoms with Crippen LogP contribution in [0.5, 0.6) is 0 Å². The third-order valence-electron chi connectivity index (χ3n) is 3.64. The molecule has 0 aliphatic carbocycles. The van der Waals surface area contributed by atoms with Crippen LogP contribution in [0.4, 0.5) is 0 Å². The predicted molar refractivity (Wildman–Crippen MR) is 92.3 cm³/mol. The lowest BCUT2D eigenvalue weighted by Crippen LogP contribution is -2.19. The Morgan fingerprint density at radius 2 is 1.88 bits per heavy atom. The molecule has 0 aliphatic rings. The topological polar surface area (TPSA) is 83.6 Å². The Morgan fingerprint density at radius 3 is 2.50 bits per heavy atom. The summed E-state index contributed by atoms with van der Waals surface area (Å²) in [4.78, 5) is 27.2. The van der Waals surface area contributed by atoms with Crippen LogP contribution in [0.2, 0.25) is 0 Å². The highest BCUT2D eigenvalue weighted by Gasteiger charge is 2.20. The van der Waals surface area contributed by atoms with Crippen molar-refractivity contribution in [1.29, 1.82) is 0 Å². The second-order valence-electron chi connectivity index (χ2n) is 5.35. The van der Waals surface area contributed by atoms with Crippen molar-refractivity contribution in [3.05, 3.63) is 58.4 Å². The molecule has 2 N–H and O–H groups in total. The smallest absolute Gasteiger partial charge is 0.340 e. The minimum absolute atomic E-state index is 0.290. The minimum Gasteiger partial charge on any atom is -0.462 e. The molecular weight excluding hydrogens is 306 g/mol. The molecule has 0 radical (unpaired) electrons. The fraction of sp³-hybridized carbons (Fsp3) is 0.278. The van der Waals surface area contributed by atoms with Gasteiger partial charge in [0.05, 0.1) is 23.6 Å². The molecule has 1 amide bonds. The number of aromatic nitrogens is 1. The molecule has 0 atom stereocenters. The molecule has 6 heteroatoms. The van der Waals surface area contributed by atoms with Gasteiger partial charge in [-0.2, -0.15) is 5.10 Å². The van der Waals surface area contributed by atoms with Gasteiger partial charge in [-0.25, -0.2) is 10.2 Å². The van der Waals surface area contributed by atoms with Crippen molar-refractivity contribution < 1.29 is 14.3 Å². The van der Waals surface area contributed by atoms with Crippen LogP contribution in [0.1, 0.15) is 51.5 Å². The van der Waals surface area contributed by atoms with Crippen molar-refractivity contribution in [2.45, 2.75) is 27.7 Å². The highest BCUT2D eigenvalue weighted by molar-refractivity contribution is 6.04. The molecule has 0 spiro atoms. The van der Waals surface area contributed by atoms with E-state index in [0.717, 1.165) is 5.56 Å². The lowest BCUT2D eigenvalue weighted by atomic mass is 10.1. The summed E-state index contributed by atoms with van der Waals surface area (Å²) >= 11 is 0. The standard InChI is InChI=1S/C18H21N3O3/c1-5-24-18(23)15-11(2)16(19-12(15)3)13(4)20-21-17(22)14-9-7-6-8-10-14/h6-10,19H,5H2,1-4H3,(H,21,22)/b20-13+. The van der Waals surface area contributed by atoms with Crippen LogP contribution in [0.15, 0.2) is 35.4 Å². The Hall–Kier alpha value is -2.89. The molecule has 1 heterocycles. The maximum absolute atomic E-state index is 12.0. The number of carbonyl (C=O) groups excluding carboxylic acids is 2. The fourth-order valence-electron chi connectivity index (χ4n) is 2.47. The van der Waals surface area contributed by atoms with E-state index in [1.165, 1.54) is 0 Å². The number of benzene rings is 1. The average molecular weight is 327 g/mol. The van der Waals surface area contributed by atoms with E-state index in [4.69, 9.17) is 4.74 Å². The van der Waals surface area contributed by atoms with E-state index in [0.29, 0.717) is 34.8 Å². The number of H-pyrrole nitrogens is 1. The summed E-state index contributed by atoms with van der Waals surface area (Å²) in [5.41, 5.74) is 6.30. The van der Waals surface area contributed by atoms with E-state index in [1.54, 1.807) is 45.0 Å². The van der Waals surface area contributed by atoms with Gasteiger partial charge in [0.25, 0.3) is 5.91 Å². The molecule has 126 valence electrons. The van der Waals surface area contributed by atoms with Gasteiger partial charge in [-0.3, -0.25) is 4.79 Å². The van der Waals surface area contributed by atoms with E-state index >= 15 is 0 Å². The average Bonchev–Trinajstić information content (AvgIpc) is 2.88. The van der Waals surface area contributed by atoms with E-state index in [1.807, 2.05) is 13.0 Å². The second-order valence-corrected chi connectivity index (χ2v) is 5.35. The van der Waals surface area contributed by atoms with Gasteiger partial charge in [-0.05, 0) is 45.4 Å². The van der Waals surface area contributed by atoms with Gasteiger partial charge >= 0.3 is 5.97 Å². The summed E-state index contributed by atoms with van der Waals surface area (Å²) in [6.45, 7) is 7.47.